The van der Waals surface area contributed by atoms with Crippen molar-refractivity contribution in [2.45, 2.75) is 25.8 Å². The van der Waals surface area contributed by atoms with Crippen LogP contribution in [0, 0.1) is 5.92 Å². The fourth-order valence-electron chi connectivity index (χ4n) is 2.70. The van der Waals surface area contributed by atoms with Gasteiger partial charge in [0.1, 0.15) is 0 Å². The lowest BCUT2D eigenvalue weighted by atomic mass is 9.93. The molecule has 2 saturated heterocycles. The van der Waals surface area contributed by atoms with Gasteiger partial charge in [-0.15, -0.1) is 0 Å². The van der Waals surface area contributed by atoms with E-state index >= 15 is 0 Å². The van der Waals surface area contributed by atoms with E-state index in [9.17, 15) is 8.42 Å². The van der Waals surface area contributed by atoms with Crippen molar-refractivity contribution >= 4 is 9.84 Å². The van der Waals surface area contributed by atoms with Crippen LogP contribution in [0.25, 0.3) is 0 Å². The molecule has 0 aromatic heterocycles. The smallest absolute Gasteiger partial charge is 0.152 e. The van der Waals surface area contributed by atoms with E-state index in [0.29, 0.717) is 17.5 Å². The molecule has 2 aliphatic rings. The van der Waals surface area contributed by atoms with Gasteiger partial charge in [0, 0.05) is 25.7 Å². The number of rotatable bonds is 2. The van der Waals surface area contributed by atoms with E-state index in [1.807, 2.05) is 0 Å². The minimum Gasteiger partial charge on any atom is -0.314 e. The molecular formula is C11H22N2O2S. The van der Waals surface area contributed by atoms with Gasteiger partial charge in [-0.05, 0) is 32.2 Å². The number of nitrogens with one attached hydrogen (secondary N) is 1. The van der Waals surface area contributed by atoms with E-state index in [0.717, 1.165) is 32.1 Å². The number of hydrogen-bond donors (Lipinski definition) is 1. The molecule has 2 unspecified atom stereocenters. The number of sulfone groups is 1. The van der Waals surface area contributed by atoms with Crippen molar-refractivity contribution < 1.29 is 8.42 Å². The van der Waals surface area contributed by atoms with Crippen molar-refractivity contribution in [2.24, 2.45) is 5.92 Å². The maximum Gasteiger partial charge on any atom is 0.152 e. The first kappa shape index (κ1) is 12.3. The molecule has 0 saturated carbocycles. The Kier molecular flexibility index (Phi) is 3.87. The summed E-state index contributed by atoms with van der Waals surface area (Å²) in [5.41, 5.74) is 0. The Morgan fingerprint density at radius 3 is 2.62 bits per heavy atom. The van der Waals surface area contributed by atoms with Crippen LogP contribution in [0.1, 0.15) is 19.8 Å². The van der Waals surface area contributed by atoms with Gasteiger partial charge in [-0.1, -0.05) is 0 Å². The summed E-state index contributed by atoms with van der Waals surface area (Å²) in [6.07, 6.45) is 2.46. The highest BCUT2D eigenvalue weighted by molar-refractivity contribution is 7.91. The standard InChI is InChI=1S/C11H22N2O2S/c1-10-8-11(2-3-12-10)9-13-4-6-16(14,15)7-5-13/h10-12H,2-9H2,1H3. The molecule has 2 fully saturated rings. The van der Waals surface area contributed by atoms with Crippen LogP contribution in [0.5, 0.6) is 0 Å². The molecule has 0 aromatic carbocycles. The van der Waals surface area contributed by atoms with Crippen LogP contribution in [-0.4, -0.2) is 57.0 Å². The molecule has 2 aliphatic heterocycles. The summed E-state index contributed by atoms with van der Waals surface area (Å²) in [5, 5.41) is 3.45. The molecule has 94 valence electrons. The zero-order chi connectivity index (χ0) is 11.6. The molecule has 0 aromatic rings. The highest BCUT2D eigenvalue weighted by Crippen LogP contribution is 2.18. The van der Waals surface area contributed by atoms with Crippen LogP contribution >= 0.6 is 0 Å². The Morgan fingerprint density at radius 2 is 2.00 bits per heavy atom. The number of hydrogen-bond acceptors (Lipinski definition) is 4. The third kappa shape index (κ3) is 3.43. The first-order chi connectivity index (χ1) is 7.55. The molecule has 4 nitrogen and oxygen atoms in total. The third-order valence-electron chi connectivity index (χ3n) is 3.69. The van der Waals surface area contributed by atoms with Gasteiger partial charge in [0.05, 0.1) is 11.5 Å². The highest BCUT2D eigenvalue weighted by atomic mass is 32.2. The van der Waals surface area contributed by atoms with Crippen molar-refractivity contribution in [3.8, 4) is 0 Å². The second-order valence-corrected chi connectivity index (χ2v) is 7.50. The predicted octanol–water partition coefficient (Wildman–Crippen LogP) is 0.105. The lowest BCUT2D eigenvalue weighted by Gasteiger charge is -2.34. The van der Waals surface area contributed by atoms with E-state index < -0.39 is 9.84 Å². The first-order valence-electron chi connectivity index (χ1n) is 6.21. The SMILES string of the molecule is CC1CC(CN2CCS(=O)(=O)CC2)CCN1. The van der Waals surface area contributed by atoms with Gasteiger partial charge in [0.25, 0.3) is 0 Å². The average molecular weight is 246 g/mol. The zero-order valence-corrected chi connectivity index (χ0v) is 10.8. The lowest BCUT2D eigenvalue weighted by Crippen LogP contribution is -2.45. The quantitative estimate of drug-likeness (QED) is 0.751. The molecule has 0 bridgehead atoms. The van der Waals surface area contributed by atoms with Gasteiger partial charge in [-0.3, -0.25) is 0 Å². The van der Waals surface area contributed by atoms with E-state index in [4.69, 9.17) is 0 Å². The van der Waals surface area contributed by atoms with Crippen molar-refractivity contribution in [1.29, 1.82) is 0 Å². The Hall–Kier alpha value is -0.130. The van der Waals surface area contributed by atoms with Crippen LogP contribution in [0.2, 0.25) is 0 Å². The van der Waals surface area contributed by atoms with Gasteiger partial charge < -0.3 is 10.2 Å². The van der Waals surface area contributed by atoms with Crippen LogP contribution in [-0.2, 0) is 9.84 Å². The summed E-state index contributed by atoms with van der Waals surface area (Å²) in [5.74, 6) is 1.46. The average Bonchev–Trinajstić information content (AvgIpc) is 2.21. The van der Waals surface area contributed by atoms with Crippen molar-refractivity contribution in [3.63, 3.8) is 0 Å². The molecule has 0 radical (unpaired) electrons. The Morgan fingerprint density at radius 1 is 1.31 bits per heavy atom. The molecule has 2 rings (SSSR count). The van der Waals surface area contributed by atoms with Gasteiger partial charge in [-0.2, -0.15) is 0 Å². The van der Waals surface area contributed by atoms with Crippen molar-refractivity contribution in [2.75, 3.05) is 37.7 Å². The maximum absolute atomic E-state index is 11.3. The molecule has 0 spiro atoms. The Balaban J connectivity index is 1.78. The number of piperidine rings is 1. The van der Waals surface area contributed by atoms with Crippen LogP contribution < -0.4 is 5.32 Å². The summed E-state index contributed by atoms with van der Waals surface area (Å²) in [6, 6.07) is 0.618. The lowest BCUT2D eigenvalue weighted by molar-refractivity contribution is 0.202. The first-order valence-corrected chi connectivity index (χ1v) is 8.03. The second-order valence-electron chi connectivity index (χ2n) is 5.20. The van der Waals surface area contributed by atoms with Crippen molar-refractivity contribution in [1.82, 2.24) is 10.2 Å². The maximum atomic E-state index is 11.3. The Bertz CT molecular complexity index is 315. The monoisotopic (exact) mass is 246 g/mol. The molecule has 0 aliphatic carbocycles. The molecule has 2 atom stereocenters. The fraction of sp³-hybridized carbons (Fsp3) is 1.00. The third-order valence-corrected chi connectivity index (χ3v) is 5.29. The largest absolute Gasteiger partial charge is 0.314 e. The molecule has 16 heavy (non-hydrogen) atoms. The zero-order valence-electron chi connectivity index (χ0n) is 9.98. The van der Waals surface area contributed by atoms with Gasteiger partial charge in [0.2, 0.25) is 0 Å². The van der Waals surface area contributed by atoms with E-state index in [1.165, 1.54) is 12.8 Å². The normalized spacial score (nSPS) is 36.1. The minimum absolute atomic E-state index is 0.355. The van der Waals surface area contributed by atoms with Gasteiger partial charge >= 0.3 is 0 Å². The van der Waals surface area contributed by atoms with E-state index in [-0.39, 0.29) is 0 Å². The summed E-state index contributed by atoms with van der Waals surface area (Å²) in [4.78, 5) is 2.32. The second kappa shape index (κ2) is 5.02. The predicted molar refractivity (Wildman–Crippen MR) is 65.3 cm³/mol. The topological polar surface area (TPSA) is 49.4 Å². The summed E-state index contributed by atoms with van der Waals surface area (Å²) >= 11 is 0. The summed E-state index contributed by atoms with van der Waals surface area (Å²) in [6.45, 7) is 5.90. The molecular weight excluding hydrogens is 224 g/mol. The summed E-state index contributed by atoms with van der Waals surface area (Å²) < 4.78 is 22.6. The van der Waals surface area contributed by atoms with Crippen LogP contribution in [0.15, 0.2) is 0 Å². The van der Waals surface area contributed by atoms with Gasteiger partial charge in [0.15, 0.2) is 9.84 Å². The van der Waals surface area contributed by atoms with Gasteiger partial charge in [-0.25, -0.2) is 8.42 Å². The van der Waals surface area contributed by atoms with Crippen LogP contribution in [0.3, 0.4) is 0 Å². The molecule has 5 heteroatoms. The van der Waals surface area contributed by atoms with E-state index in [1.54, 1.807) is 0 Å². The molecule has 2 heterocycles. The number of nitrogens with zero attached hydrogens (tertiary/aromatic N) is 1. The van der Waals surface area contributed by atoms with E-state index in [2.05, 4.69) is 17.1 Å². The molecule has 1 N–H and O–H groups in total. The highest BCUT2D eigenvalue weighted by Gasteiger charge is 2.25. The van der Waals surface area contributed by atoms with Crippen LogP contribution in [0.4, 0.5) is 0 Å². The summed E-state index contributed by atoms with van der Waals surface area (Å²) in [7, 11) is -2.72. The van der Waals surface area contributed by atoms with Crippen molar-refractivity contribution in [3.05, 3.63) is 0 Å². The molecule has 0 amide bonds. The fourth-order valence-corrected chi connectivity index (χ4v) is 3.98. The Labute approximate surface area is 98.3 Å². The minimum atomic E-state index is -2.72.